The van der Waals surface area contributed by atoms with Crippen LogP contribution >= 0.6 is 11.6 Å². The van der Waals surface area contributed by atoms with Crippen LogP contribution < -0.4 is 20.1 Å². The number of anilines is 2. The maximum absolute atomic E-state index is 12.5. The maximum atomic E-state index is 12.5. The fourth-order valence-corrected chi connectivity index (χ4v) is 3.10. The van der Waals surface area contributed by atoms with Crippen molar-refractivity contribution >= 4 is 34.8 Å². The quantitative estimate of drug-likeness (QED) is 0.412. The van der Waals surface area contributed by atoms with Crippen LogP contribution in [-0.4, -0.2) is 18.9 Å². The summed E-state index contributed by atoms with van der Waals surface area (Å²) in [4.78, 5) is 24.8. The fraction of sp³-hybridized carbons (Fsp3) is 0.167. The first-order valence-corrected chi connectivity index (χ1v) is 10.1. The SMILES string of the molecule is CCC(=O)c1cc(NC(=O)Nc2cccc(OC)c2)ccc1OCc1ccccc1Cl. The highest BCUT2D eigenvalue weighted by Gasteiger charge is 2.14. The van der Waals surface area contributed by atoms with Gasteiger partial charge in [0.15, 0.2) is 5.78 Å². The Morgan fingerprint density at radius 1 is 0.935 bits per heavy atom. The summed E-state index contributed by atoms with van der Waals surface area (Å²) >= 11 is 6.18. The number of Topliss-reactive ketones (excluding diaryl/α,β-unsaturated/α-hetero) is 1. The van der Waals surface area contributed by atoms with Gasteiger partial charge >= 0.3 is 6.03 Å². The minimum Gasteiger partial charge on any atom is -0.497 e. The highest BCUT2D eigenvalue weighted by molar-refractivity contribution is 6.31. The van der Waals surface area contributed by atoms with Gasteiger partial charge in [0.05, 0.1) is 12.7 Å². The van der Waals surface area contributed by atoms with E-state index in [0.717, 1.165) is 5.56 Å². The van der Waals surface area contributed by atoms with E-state index in [0.29, 0.717) is 39.9 Å². The second-order valence-corrected chi connectivity index (χ2v) is 7.09. The third-order valence-electron chi connectivity index (χ3n) is 4.53. The van der Waals surface area contributed by atoms with Gasteiger partial charge in [0.1, 0.15) is 18.1 Å². The first kappa shape index (κ1) is 22.2. The lowest BCUT2D eigenvalue weighted by Gasteiger charge is -2.14. The molecular formula is C24H23ClN2O4. The molecule has 0 atom stereocenters. The Balaban J connectivity index is 1.73. The van der Waals surface area contributed by atoms with Gasteiger partial charge < -0.3 is 20.1 Å². The summed E-state index contributed by atoms with van der Waals surface area (Å²) < 4.78 is 11.0. The number of carbonyl (C=O) groups is 2. The number of halogens is 1. The monoisotopic (exact) mass is 438 g/mol. The minimum atomic E-state index is -0.437. The molecule has 0 aliphatic heterocycles. The van der Waals surface area contributed by atoms with Gasteiger partial charge in [0.2, 0.25) is 0 Å². The molecule has 2 N–H and O–H groups in total. The highest BCUT2D eigenvalue weighted by atomic mass is 35.5. The van der Waals surface area contributed by atoms with E-state index in [2.05, 4.69) is 10.6 Å². The molecule has 0 fully saturated rings. The number of urea groups is 1. The van der Waals surface area contributed by atoms with Gasteiger partial charge in [0, 0.05) is 34.4 Å². The van der Waals surface area contributed by atoms with Gasteiger partial charge in [0.25, 0.3) is 0 Å². The average molecular weight is 439 g/mol. The molecule has 0 aromatic heterocycles. The van der Waals surface area contributed by atoms with Gasteiger partial charge in [-0.2, -0.15) is 0 Å². The molecule has 2 amide bonds. The smallest absolute Gasteiger partial charge is 0.323 e. The number of methoxy groups -OCH3 is 1. The van der Waals surface area contributed by atoms with E-state index < -0.39 is 6.03 Å². The van der Waals surface area contributed by atoms with Crippen LogP contribution in [0.4, 0.5) is 16.2 Å². The largest absolute Gasteiger partial charge is 0.497 e. The van der Waals surface area contributed by atoms with Crippen LogP contribution in [0.25, 0.3) is 0 Å². The number of nitrogens with one attached hydrogen (secondary N) is 2. The summed E-state index contributed by atoms with van der Waals surface area (Å²) in [5.74, 6) is 0.977. The van der Waals surface area contributed by atoms with Crippen molar-refractivity contribution in [1.82, 2.24) is 0 Å². The fourth-order valence-electron chi connectivity index (χ4n) is 2.91. The highest BCUT2D eigenvalue weighted by Crippen LogP contribution is 2.27. The molecule has 0 unspecified atom stereocenters. The lowest BCUT2D eigenvalue weighted by atomic mass is 10.1. The third kappa shape index (κ3) is 5.99. The zero-order chi connectivity index (χ0) is 22.2. The van der Waals surface area contributed by atoms with Crippen LogP contribution in [0.3, 0.4) is 0 Å². The van der Waals surface area contributed by atoms with Crippen LogP contribution in [0.2, 0.25) is 5.02 Å². The molecule has 0 aliphatic rings. The van der Waals surface area contributed by atoms with Crippen molar-refractivity contribution < 1.29 is 19.1 Å². The van der Waals surface area contributed by atoms with Crippen molar-refractivity contribution in [3.63, 3.8) is 0 Å². The second-order valence-electron chi connectivity index (χ2n) is 6.68. The van der Waals surface area contributed by atoms with Crippen molar-refractivity contribution in [3.8, 4) is 11.5 Å². The van der Waals surface area contributed by atoms with Crippen molar-refractivity contribution in [3.05, 3.63) is 82.9 Å². The molecule has 7 heteroatoms. The van der Waals surface area contributed by atoms with Gasteiger partial charge in [-0.05, 0) is 36.4 Å². The first-order chi connectivity index (χ1) is 15.0. The first-order valence-electron chi connectivity index (χ1n) is 9.75. The molecule has 3 aromatic carbocycles. The molecule has 0 saturated heterocycles. The zero-order valence-electron chi connectivity index (χ0n) is 17.3. The number of carbonyl (C=O) groups excluding carboxylic acids is 2. The summed E-state index contributed by atoms with van der Waals surface area (Å²) in [6.07, 6.45) is 0.307. The van der Waals surface area contributed by atoms with Crippen LogP contribution in [0.15, 0.2) is 66.7 Å². The normalized spacial score (nSPS) is 10.3. The number of hydrogen-bond acceptors (Lipinski definition) is 4. The number of hydrogen-bond donors (Lipinski definition) is 2. The third-order valence-corrected chi connectivity index (χ3v) is 4.90. The number of benzene rings is 3. The van der Waals surface area contributed by atoms with E-state index in [-0.39, 0.29) is 12.4 Å². The summed E-state index contributed by atoms with van der Waals surface area (Å²) in [7, 11) is 1.56. The van der Waals surface area contributed by atoms with Gasteiger partial charge in [-0.1, -0.05) is 42.8 Å². The molecule has 0 radical (unpaired) electrons. The lowest BCUT2D eigenvalue weighted by Crippen LogP contribution is -2.19. The molecule has 3 aromatic rings. The van der Waals surface area contributed by atoms with Gasteiger partial charge in [-0.3, -0.25) is 4.79 Å². The Morgan fingerprint density at radius 2 is 1.68 bits per heavy atom. The van der Waals surface area contributed by atoms with Crippen molar-refractivity contribution in [2.24, 2.45) is 0 Å². The molecule has 0 spiro atoms. The Kier molecular flexibility index (Phi) is 7.51. The van der Waals surface area contributed by atoms with Crippen molar-refractivity contribution in [2.45, 2.75) is 20.0 Å². The number of amides is 2. The Bertz CT molecular complexity index is 1080. The molecule has 31 heavy (non-hydrogen) atoms. The van der Waals surface area contributed by atoms with E-state index in [1.54, 1.807) is 62.6 Å². The van der Waals surface area contributed by atoms with Gasteiger partial charge in [-0.15, -0.1) is 0 Å². The number of ether oxygens (including phenoxy) is 2. The van der Waals surface area contributed by atoms with Crippen LogP contribution in [0.5, 0.6) is 11.5 Å². The average Bonchev–Trinajstić information content (AvgIpc) is 2.78. The molecule has 0 heterocycles. The molecule has 160 valence electrons. The number of rotatable bonds is 8. The molecule has 6 nitrogen and oxygen atoms in total. The van der Waals surface area contributed by atoms with E-state index in [4.69, 9.17) is 21.1 Å². The van der Waals surface area contributed by atoms with E-state index >= 15 is 0 Å². The Labute approximate surface area is 186 Å². The summed E-state index contributed by atoms with van der Waals surface area (Å²) in [5, 5.41) is 6.07. The molecule has 0 saturated carbocycles. The molecule has 3 rings (SSSR count). The van der Waals surface area contributed by atoms with Crippen molar-refractivity contribution in [1.29, 1.82) is 0 Å². The minimum absolute atomic E-state index is 0.0917. The van der Waals surface area contributed by atoms with Crippen LogP contribution in [-0.2, 0) is 6.61 Å². The topological polar surface area (TPSA) is 76.7 Å². The predicted octanol–water partition coefficient (Wildman–Crippen LogP) is 6.16. The summed E-state index contributed by atoms with van der Waals surface area (Å²) in [6, 6.07) is 18.9. The van der Waals surface area contributed by atoms with Gasteiger partial charge in [-0.25, -0.2) is 4.79 Å². The maximum Gasteiger partial charge on any atom is 0.323 e. The number of ketones is 1. The summed E-state index contributed by atoms with van der Waals surface area (Å²) in [5.41, 5.74) is 2.27. The zero-order valence-corrected chi connectivity index (χ0v) is 18.0. The summed E-state index contributed by atoms with van der Waals surface area (Å²) in [6.45, 7) is 2.00. The lowest BCUT2D eigenvalue weighted by molar-refractivity contribution is 0.0983. The molecule has 0 aliphatic carbocycles. The molecule has 0 bridgehead atoms. The van der Waals surface area contributed by atoms with Crippen LogP contribution in [0.1, 0.15) is 29.3 Å². The van der Waals surface area contributed by atoms with E-state index in [1.807, 2.05) is 18.2 Å². The van der Waals surface area contributed by atoms with E-state index in [9.17, 15) is 9.59 Å². The Morgan fingerprint density at radius 3 is 2.39 bits per heavy atom. The second kappa shape index (κ2) is 10.5. The Hall–Kier alpha value is -3.51. The van der Waals surface area contributed by atoms with E-state index in [1.165, 1.54) is 0 Å². The molecular weight excluding hydrogens is 416 g/mol. The van der Waals surface area contributed by atoms with Crippen LogP contribution in [0, 0.1) is 0 Å². The standard InChI is InChI=1S/C24H23ClN2O4/c1-3-22(28)20-14-18(27-24(29)26-17-8-6-9-19(13-17)30-2)11-12-23(20)31-15-16-7-4-5-10-21(16)25/h4-14H,3,15H2,1-2H3,(H2,26,27,29). The predicted molar refractivity (Wildman–Crippen MR) is 122 cm³/mol. The van der Waals surface area contributed by atoms with Crippen molar-refractivity contribution in [2.75, 3.05) is 17.7 Å².